The minimum Gasteiger partial charge on any atom is -0.493 e. The van der Waals surface area contributed by atoms with Crippen LogP contribution in [0.25, 0.3) is 11.3 Å². The maximum Gasteiger partial charge on any atom is 0.170 e. The molecule has 0 saturated carbocycles. The second kappa shape index (κ2) is 5.89. The van der Waals surface area contributed by atoms with Gasteiger partial charge in [0.25, 0.3) is 0 Å². The van der Waals surface area contributed by atoms with E-state index < -0.39 is 0 Å². The van der Waals surface area contributed by atoms with Gasteiger partial charge in [-0.15, -0.1) is 0 Å². The molecular weight excluding hydrogens is 242 g/mol. The van der Waals surface area contributed by atoms with E-state index in [1.165, 1.54) is 0 Å². The first-order valence-corrected chi connectivity index (χ1v) is 6.41. The van der Waals surface area contributed by atoms with Crippen LogP contribution in [-0.2, 0) is 6.61 Å². The molecule has 1 N–H and O–H groups in total. The summed E-state index contributed by atoms with van der Waals surface area (Å²) in [5.74, 6) is 2.04. The molecule has 2 rings (SSSR count). The minimum atomic E-state index is -0.106. The summed E-state index contributed by atoms with van der Waals surface area (Å²) >= 11 is 0. The number of ether oxygens (including phenoxy) is 1. The van der Waals surface area contributed by atoms with E-state index in [2.05, 4.69) is 19.0 Å². The number of nitrogens with zero attached hydrogens (tertiary/aromatic N) is 1. The zero-order valence-corrected chi connectivity index (χ0v) is 11.5. The van der Waals surface area contributed by atoms with Gasteiger partial charge in [-0.2, -0.15) is 0 Å². The summed E-state index contributed by atoms with van der Waals surface area (Å²) in [6, 6.07) is 7.70. The van der Waals surface area contributed by atoms with Crippen molar-refractivity contribution in [3.05, 3.63) is 35.5 Å². The molecule has 0 radical (unpaired) electrons. The van der Waals surface area contributed by atoms with Crippen LogP contribution in [0.2, 0.25) is 0 Å². The van der Waals surface area contributed by atoms with Crippen molar-refractivity contribution < 1.29 is 14.4 Å². The lowest BCUT2D eigenvalue weighted by molar-refractivity contribution is 0.266. The Bertz CT molecular complexity index is 529. The summed E-state index contributed by atoms with van der Waals surface area (Å²) in [7, 11) is 0. The highest BCUT2D eigenvalue weighted by molar-refractivity contribution is 5.62. The van der Waals surface area contributed by atoms with Crippen molar-refractivity contribution in [1.82, 2.24) is 5.16 Å². The van der Waals surface area contributed by atoms with E-state index in [1.54, 1.807) is 0 Å². The molecule has 0 fully saturated rings. The van der Waals surface area contributed by atoms with Gasteiger partial charge in [-0.1, -0.05) is 19.0 Å². The number of hydrogen-bond donors (Lipinski definition) is 1. The van der Waals surface area contributed by atoms with Gasteiger partial charge >= 0.3 is 0 Å². The third-order valence-electron chi connectivity index (χ3n) is 2.87. The van der Waals surface area contributed by atoms with Gasteiger partial charge in [0.15, 0.2) is 5.76 Å². The maximum absolute atomic E-state index is 9.10. The molecular formula is C15H19NO3. The largest absolute Gasteiger partial charge is 0.493 e. The Morgan fingerprint density at radius 2 is 1.95 bits per heavy atom. The lowest BCUT2D eigenvalue weighted by atomic mass is 10.1. The molecule has 1 heterocycles. The van der Waals surface area contributed by atoms with Crippen molar-refractivity contribution in [1.29, 1.82) is 0 Å². The Balaban J connectivity index is 2.15. The summed E-state index contributed by atoms with van der Waals surface area (Å²) in [5.41, 5.74) is 2.38. The van der Waals surface area contributed by atoms with Crippen LogP contribution in [0.4, 0.5) is 0 Å². The molecule has 0 atom stereocenters. The maximum atomic E-state index is 9.10. The minimum absolute atomic E-state index is 0.106. The van der Waals surface area contributed by atoms with Gasteiger partial charge in [0, 0.05) is 11.1 Å². The standard InChI is InChI=1S/C15H19NO3/c1-10(2)9-18-13-6-4-12(5-7-13)15-11(3)14(8-17)16-19-15/h4-7,10,17H,8-9H2,1-3H3. The van der Waals surface area contributed by atoms with Gasteiger partial charge in [-0.05, 0) is 37.1 Å². The second-order valence-corrected chi connectivity index (χ2v) is 4.97. The summed E-state index contributed by atoms with van der Waals surface area (Å²) in [6.07, 6.45) is 0. The Labute approximate surface area is 113 Å². The van der Waals surface area contributed by atoms with Crippen LogP contribution in [0.15, 0.2) is 28.8 Å². The van der Waals surface area contributed by atoms with Crippen LogP contribution in [0, 0.1) is 12.8 Å². The highest BCUT2D eigenvalue weighted by atomic mass is 16.5. The molecule has 2 aromatic rings. The monoisotopic (exact) mass is 261 g/mol. The van der Waals surface area contributed by atoms with E-state index in [0.29, 0.717) is 24.0 Å². The molecule has 0 unspecified atom stereocenters. The van der Waals surface area contributed by atoms with Crippen molar-refractivity contribution in [2.75, 3.05) is 6.61 Å². The third-order valence-corrected chi connectivity index (χ3v) is 2.87. The van der Waals surface area contributed by atoms with Crippen LogP contribution in [-0.4, -0.2) is 16.9 Å². The van der Waals surface area contributed by atoms with Crippen molar-refractivity contribution in [3.8, 4) is 17.1 Å². The van der Waals surface area contributed by atoms with E-state index in [-0.39, 0.29) is 6.61 Å². The summed E-state index contributed by atoms with van der Waals surface area (Å²) in [6.45, 7) is 6.71. The van der Waals surface area contributed by atoms with Crippen molar-refractivity contribution in [2.24, 2.45) is 5.92 Å². The molecule has 4 heteroatoms. The molecule has 0 aliphatic heterocycles. The molecule has 102 valence electrons. The van der Waals surface area contributed by atoms with E-state index in [4.69, 9.17) is 14.4 Å². The number of hydrogen-bond acceptors (Lipinski definition) is 4. The Kier molecular flexibility index (Phi) is 4.22. The molecule has 1 aromatic heterocycles. The van der Waals surface area contributed by atoms with E-state index in [9.17, 15) is 0 Å². The number of aliphatic hydroxyl groups excluding tert-OH is 1. The summed E-state index contributed by atoms with van der Waals surface area (Å²) < 4.78 is 10.9. The lowest BCUT2D eigenvalue weighted by Gasteiger charge is -2.08. The predicted octanol–water partition coefficient (Wildman–Crippen LogP) is 3.18. The average molecular weight is 261 g/mol. The van der Waals surface area contributed by atoms with Crippen LogP contribution >= 0.6 is 0 Å². The summed E-state index contributed by atoms with van der Waals surface area (Å²) in [4.78, 5) is 0. The number of benzene rings is 1. The first kappa shape index (κ1) is 13.6. The second-order valence-electron chi connectivity index (χ2n) is 4.97. The third kappa shape index (κ3) is 3.15. The van der Waals surface area contributed by atoms with Crippen molar-refractivity contribution in [2.45, 2.75) is 27.4 Å². The fourth-order valence-corrected chi connectivity index (χ4v) is 1.75. The Morgan fingerprint density at radius 1 is 1.26 bits per heavy atom. The van der Waals surface area contributed by atoms with Gasteiger partial charge in [0.1, 0.15) is 11.4 Å². The molecule has 0 aliphatic rings. The van der Waals surface area contributed by atoms with E-state index >= 15 is 0 Å². The molecule has 0 amide bonds. The molecule has 0 saturated heterocycles. The number of aliphatic hydroxyl groups is 1. The van der Waals surface area contributed by atoms with Gasteiger partial charge in [-0.25, -0.2) is 0 Å². The summed E-state index contributed by atoms with van der Waals surface area (Å²) in [5, 5.41) is 12.9. The van der Waals surface area contributed by atoms with Crippen molar-refractivity contribution >= 4 is 0 Å². The fourth-order valence-electron chi connectivity index (χ4n) is 1.75. The topological polar surface area (TPSA) is 55.5 Å². The zero-order valence-electron chi connectivity index (χ0n) is 11.5. The Morgan fingerprint density at radius 3 is 2.47 bits per heavy atom. The highest BCUT2D eigenvalue weighted by Crippen LogP contribution is 2.27. The first-order chi connectivity index (χ1) is 9.11. The van der Waals surface area contributed by atoms with Crippen molar-refractivity contribution in [3.63, 3.8) is 0 Å². The molecule has 1 aromatic carbocycles. The van der Waals surface area contributed by atoms with Crippen LogP contribution in [0.3, 0.4) is 0 Å². The van der Waals surface area contributed by atoms with Crippen LogP contribution < -0.4 is 4.74 Å². The number of aromatic nitrogens is 1. The van der Waals surface area contributed by atoms with Gasteiger partial charge in [0.05, 0.1) is 13.2 Å². The van der Waals surface area contributed by atoms with Gasteiger partial charge in [0.2, 0.25) is 0 Å². The normalized spacial score (nSPS) is 11.0. The van der Waals surface area contributed by atoms with Crippen LogP contribution in [0.1, 0.15) is 25.1 Å². The molecule has 0 aliphatic carbocycles. The molecule has 0 spiro atoms. The molecule has 0 bridgehead atoms. The lowest BCUT2D eigenvalue weighted by Crippen LogP contribution is -2.04. The van der Waals surface area contributed by atoms with E-state index in [1.807, 2.05) is 31.2 Å². The SMILES string of the molecule is Cc1c(CO)noc1-c1ccc(OCC(C)C)cc1. The quantitative estimate of drug-likeness (QED) is 0.898. The Hall–Kier alpha value is -1.81. The molecule has 4 nitrogen and oxygen atoms in total. The smallest absolute Gasteiger partial charge is 0.170 e. The fraction of sp³-hybridized carbons (Fsp3) is 0.400. The van der Waals surface area contributed by atoms with Gasteiger partial charge < -0.3 is 14.4 Å². The number of rotatable bonds is 5. The van der Waals surface area contributed by atoms with Gasteiger partial charge in [-0.3, -0.25) is 0 Å². The molecule has 19 heavy (non-hydrogen) atoms. The van der Waals surface area contributed by atoms with Crippen LogP contribution in [0.5, 0.6) is 5.75 Å². The zero-order chi connectivity index (χ0) is 13.8. The average Bonchev–Trinajstić information content (AvgIpc) is 2.78. The highest BCUT2D eigenvalue weighted by Gasteiger charge is 2.12. The van der Waals surface area contributed by atoms with E-state index in [0.717, 1.165) is 16.9 Å². The first-order valence-electron chi connectivity index (χ1n) is 6.41. The predicted molar refractivity (Wildman–Crippen MR) is 72.9 cm³/mol.